The van der Waals surface area contributed by atoms with Crippen LogP contribution in [0.4, 0.5) is 5.13 Å². The van der Waals surface area contributed by atoms with Gasteiger partial charge in [0.1, 0.15) is 10.5 Å². The first kappa shape index (κ1) is 12.3. The Bertz CT molecular complexity index is 411. The number of rotatable bonds is 3. The highest BCUT2D eigenvalue weighted by atomic mass is 32.1. The highest BCUT2D eigenvalue weighted by Crippen LogP contribution is 2.35. The van der Waals surface area contributed by atoms with Crippen LogP contribution in [0, 0.1) is 12.8 Å². The number of hydrogen-bond acceptors (Lipinski definition) is 5. The van der Waals surface area contributed by atoms with Crippen LogP contribution in [0.3, 0.4) is 0 Å². The number of carboxylic acid groups (broad SMARTS) is 1. The molecule has 1 aliphatic rings. The third-order valence-electron chi connectivity index (χ3n) is 3.41. The zero-order valence-corrected chi connectivity index (χ0v) is 10.9. The lowest BCUT2D eigenvalue weighted by molar-refractivity contribution is -0.143. The molecule has 0 aliphatic heterocycles. The average Bonchev–Trinajstić information content (AvgIpc) is 2.67. The van der Waals surface area contributed by atoms with Crippen molar-refractivity contribution in [3.63, 3.8) is 0 Å². The Kier molecular flexibility index (Phi) is 3.33. The van der Waals surface area contributed by atoms with Gasteiger partial charge in [0, 0.05) is 0 Å². The maximum absolute atomic E-state index is 11.5. The van der Waals surface area contributed by atoms with Gasteiger partial charge in [0.05, 0.1) is 0 Å². The number of hydrogen-bond donors (Lipinski definition) is 2. The molecule has 0 spiro atoms. The second-order valence-corrected chi connectivity index (χ2v) is 6.00. The van der Waals surface area contributed by atoms with Gasteiger partial charge < -0.3 is 10.4 Å². The Hall–Kier alpha value is -1.17. The Balaban J connectivity index is 2.15. The molecule has 0 aromatic carbocycles. The average molecular weight is 255 g/mol. The van der Waals surface area contributed by atoms with Gasteiger partial charge >= 0.3 is 5.97 Å². The smallest absolute Gasteiger partial charge is 0.329 e. The van der Waals surface area contributed by atoms with E-state index in [0.29, 0.717) is 23.9 Å². The van der Waals surface area contributed by atoms with Crippen molar-refractivity contribution in [2.24, 2.45) is 5.92 Å². The van der Waals surface area contributed by atoms with Crippen molar-refractivity contribution in [3.05, 3.63) is 5.01 Å². The highest BCUT2D eigenvalue weighted by Gasteiger charge is 2.41. The number of carboxylic acids is 1. The second kappa shape index (κ2) is 4.60. The molecule has 0 unspecified atom stereocenters. The fourth-order valence-electron chi connectivity index (χ4n) is 2.20. The summed E-state index contributed by atoms with van der Waals surface area (Å²) in [4.78, 5) is 11.5. The van der Waals surface area contributed by atoms with Gasteiger partial charge in [-0.2, -0.15) is 0 Å². The first-order chi connectivity index (χ1) is 8.02. The van der Waals surface area contributed by atoms with Gasteiger partial charge in [-0.25, -0.2) is 4.79 Å². The minimum absolute atomic E-state index is 0.611. The van der Waals surface area contributed by atoms with Crippen molar-refractivity contribution in [1.82, 2.24) is 10.2 Å². The summed E-state index contributed by atoms with van der Waals surface area (Å²) in [6, 6.07) is 0. The summed E-state index contributed by atoms with van der Waals surface area (Å²) in [5.74, 6) is -0.169. The van der Waals surface area contributed by atoms with E-state index in [1.807, 2.05) is 6.92 Å². The van der Waals surface area contributed by atoms with Crippen LogP contribution in [-0.4, -0.2) is 26.8 Å². The molecule has 17 heavy (non-hydrogen) atoms. The Morgan fingerprint density at radius 3 is 2.59 bits per heavy atom. The van der Waals surface area contributed by atoms with E-state index in [2.05, 4.69) is 22.4 Å². The molecule has 94 valence electrons. The molecule has 0 radical (unpaired) electrons. The quantitative estimate of drug-likeness (QED) is 0.866. The highest BCUT2D eigenvalue weighted by molar-refractivity contribution is 7.15. The number of aliphatic carboxylic acids is 1. The molecular formula is C11H17N3O2S. The van der Waals surface area contributed by atoms with Crippen LogP contribution >= 0.6 is 11.3 Å². The molecule has 1 aromatic rings. The monoisotopic (exact) mass is 255 g/mol. The SMILES string of the molecule is Cc1nnc(NC2(C(=O)O)CCC(C)CC2)s1. The van der Waals surface area contributed by atoms with Crippen molar-refractivity contribution in [2.75, 3.05) is 5.32 Å². The molecule has 0 atom stereocenters. The lowest BCUT2D eigenvalue weighted by Crippen LogP contribution is -2.48. The van der Waals surface area contributed by atoms with E-state index in [1.54, 1.807) is 0 Å². The molecule has 1 aromatic heterocycles. The largest absolute Gasteiger partial charge is 0.480 e. The van der Waals surface area contributed by atoms with Crippen LogP contribution in [0.15, 0.2) is 0 Å². The zero-order valence-electron chi connectivity index (χ0n) is 10.1. The predicted molar refractivity (Wildman–Crippen MR) is 66.3 cm³/mol. The summed E-state index contributed by atoms with van der Waals surface area (Å²) in [6.07, 6.45) is 3.19. The molecule has 1 saturated carbocycles. The number of nitrogens with zero attached hydrogens (tertiary/aromatic N) is 2. The van der Waals surface area contributed by atoms with Gasteiger partial charge in [0.25, 0.3) is 0 Å². The van der Waals surface area contributed by atoms with E-state index in [1.165, 1.54) is 11.3 Å². The van der Waals surface area contributed by atoms with Crippen molar-refractivity contribution in [3.8, 4) is 0 Å². The van der Waals surface area contributed by atoms with Gasteiger partial charge in [-0.1, -0.05) is 18.3 Å². The van der Waals surface area contributed by atoms with Crippen LogP contribution in [0.1, 0.15) is 37.6 Å². The van der Waals surface area contributed by atoms with Gasteiger partial charge in [0.2, 0.25) is 5.13 Å². The Morgan fingerprint density at radius 2 is 2.12 bits per heavy atom. The van der Waals surface area contributed by atoms with Crippen LogP contribution in [0.5, 0.6) is 0 Å². The normalized spacial score (nSPS) is 28.9. The molecule has 5 nitrogen and oxygen atoms in total. The van der Waals surface area contributed by atoms with Gasteiger partial charge in [-0.3, -0.25) is 0 Å². The minimum Gasteiger partial charge on any atom is -0.480 e. The predicted octanol–water partition coefficient (Wildman–Crippen LogP) is 2.29. The third kappa shape index (κ3) is 2.57. The Labute approximate surface area is 104 Å². The maximum atomic E-state index is 11.5. The number of carbonyl (C=O) groups is 1. The van der Waals surface area contributed by atoms with Gasteiger partial charge in [0.15, 0.2) is 0 Å². The summed E-state index contributed by atoms with van der Waals surface area (Å²) in [5, 5.41) is 21.8. The summed E-state index contributed by atoms with van der Waals surface area (Å²) in [7, 11) is 0. The summed E-state index contributed by atoms with van der Waals surface area (Å²) >= 11 is 1.40. The maximum Gasteiger partial charge on any atom is 0.329 e. The molecule has 1 fully saturated rings. The third-order valence-corrected chi connectivity index (χ3v) is 4.16. The summed E-state index contributed by atoms with van der Waals surface area (Å²) in [5.41, 5.74) is -0.849. The van der Waals surface area contributed by atoms with Gasteiger partial charge in [-0.15, -0.1) is 10.2 Å². The molecule has 1 aliphatic carbocycles. The zero-order chi connectivity index (χ0) is 12.5. The standard InChI is InChI=1S/C11H17N3O2S/c1-7-3-5-11(6-4-7,9(15)16)12-10-14-13-8(2)17-10/h7H,3-6H2,1-2H3,(H,12,14)(H,15,16). The van der Waals surface area contributed by atoms with Gasteiger partial charge in [-0.05, 0) is 38.5 Å². The van der Waals surface area contributed by atoms with E-state index in [9.17, 15) is 9.90 Å². The second-order valence-electron chi connectivity index (χ2n) is 4.82. The van der Waals surface area contributed by atoms with E-state index in [0.717, 1.165) is 17.8 Å². The van der Waals surface area contributed by atoms with Crippen molar-refractivity contribution >= 4 is 22.4 Å². The molecule has 2 N–H and O–H groups in total. The van der Waals surface area contributed by atoms with Crippen LogP contribution in [-0.2, 0) is 4.79 Å². The summed E-state index contributed by atoms with van der Waals surface area (Å²) < 4.78 is 0. The first-order valence-electron chi connectivity index (χ1n) is 5.83. The first-order valence-corrected chi connectivity index (χ1v) is 6.65. The number of nitrogens with one attached hydrogen (secondary N) is 1. The number of aryl methyl sites for hydroxylation is 1. The van der Waals surface area contributed by atoms with Crippen molar-refractivity contribution < 1.29 is 9.90 Å². The Morgan fingerprint density at radius 1 is 1.47 bits per heavy atom. The van der Waals surface area contributed by atoms with Crippen LogP contribution in [0.2, 0.25) is 0 Å². The number of anilines is 1. The number of aromatic nitrogens is 2. The lowest BCUT2D eigenvalue weighted by Gasteiger charge is -2.36. The molecule has 0 amide bonds. The summed E-state index contributed by atoms with van der Waals surface area (Å²) in [6.45, 7) is 4.03. The minimum atomic E-state index is -0.849. The molecule has 0 saturated heterocycles. The van der Waals surface area contributed by atoms with Crippen LogP contribution in [0.25, 0.3) is 0 Å². The van der Waals surface area contributed by atoms with Crippen LogP contribution < -0.4 is 5.32 Å². The van der Waals surface area contributed by atoms with E-state index >= 15 is 0 Å². The molecule has 0 bridgehead atoms. The van der Waals surface area contributed by atoms with Crippen molar-refractivity contribution in [2.45, 2.75) is 45.1 Å². The van der Waals surface area contributed by atoms with E-state index in [4.69, 9.17) is 0 Å². The molecule has 6 heteroatoms. The lowest BCUT2D eigenvalue weighted by atomic mass is 9.77. The topological polar surface area (TPSA) is 75.1 Å². The van der Waals surface area contributed by atoms with E-state index < -0.39 is 11.5 Å². The fourth-order valence-corrected chi connectivity index (χ4v) is 2.89. The fraction of sp³-hybridized carbons (Fsp3) is 0.727. The molecular weight excluding hydrogens is 238 g/mol. The molecule has 1 heterocycles. The van der Waals surface area contributed by atoms with Crippen molar-refractivity contribution in [1.29, 1.82) is 0 Å². The van der Waals surface area contributed by atoms with E-state index in [-0.39, 0.29) is 0 Å². The molecule has 2 rings (SSSR count).